The number of hydrogen-bond donors (Lipinski definition) is 3. The van der Waals surface area contributed by atoms with Crippen LogP contribution in [0.1, 0.15) is 15.9 Å². The molecule has 0 spiro atoms. The van der Waals surface area contributed by atoms with Crippen molar-refractivity contribution >= 4 is 34.0 Å². The summed E-state index contributed by atoms with van der Waals surface area (Å²) >= 11 is 0. The van der Waals surface area contributed by atoms with Gasteiger partial charge >= 0.3 is 0 Å². The molecule has 1 amide bonds. The largest absolute Gasteiger partial charge is 0.352 e. The smallest absolute Gasteiger partial charge is 0.261 e. The van der Waals surface area contributed by atoms with Gasteiger partial charge in [-0.25, -0.2) is 8.42 Å². The van der Waals surface area contributed by atoms with Gasteiger partial charge in [-0.3, -0.25) is 9.52 Å². The summed E-state index contributed by atoms with van der Waals surface area (Å²) in [6, 6.07) is 13.0. The van der Waals surface area contributed by atoms with Crippen LogP contribution in [0.4, 0.5) is 5.69 Å². The lowest BCUT2D eigenvalue weighted by molar-refractivity contribution is 0.0942. The first kappa shape index (κ1) is 20.2. The average Bonchev–Trinajstić information content (AvgIpc) is 2.55. The number of carbonyl (C=O) groups is 1. The summed E-state index contributed by atoms with van der Waals surface area (Å²) in [5.74, 6) is 0.282. The average molecular weight is 396 g/mol. The predicted octanol–water partition coefficient (Wildman–Crippen LogP) is 2.17. The molecule has 140 valence electrons. The second-order valence-electron chi connectivity index (χ2n) is 6.23. The van der Waals surface area contributed by atoms with Crippen molar-refractivity contribution in [3.63, 3.8) is 0 Å². The molecule has 1 fully saturated rings. The number of nitrogens with one attached hydrogen (secondary N) is 3. The zero-order valence-electron chi connectivity index (χ0n) is 14.4. The van der Waals surface area contributed by atoms with Gasteiger partial charge in [-0.15, -0.1) is 12.4 Å². The van der Waals surface area contributed by atoms with Gasteiger partial charge < -0.3 is 10.6 Å². The zero-order valence-corrected chi connectivity index (χ0v) is 16.0. The number of benzene rings is 2. The predicted molar refractivity (Wildman–Crippen MR) is 104 cm³/mol. The Morgan fingerprint density at radius 3 is 2.23 bits per heavy atom. The van der Waals surface area contributed by atoms with Crippen LogP contribution in [0, 0.1) is 12.8 Å². The molecule has 6 nitrogen and oxygen atoms in total. The number of halogens is 1. The first-order valence-corrected chi connectivity index (χ1v) is 9.61. The molecule has 2 aromatic rings. The Bertz CT molecular complexity index is 848. The van der Waals surface area contributed by atoms with Crippen molar-refractivity contribution in [3.05, 3.63) is 59.7 Å². The lowest BCUT2D eigenvalue weighted by Gasteiger charge is -2.27. The molecule has 0 aliphatic carbocycles. The van der Waals surface area contributed by atoms with E-state index in [4.69, 9.17) is 0 Å². The van der Waals surface area contributed by atoms with Crippen molar-refractivity contribution in [2.75, 3.05) is 24.4 Å². The first-order valence-electron chi connectivity index (χ1n) is 8.12. The van der Waals surface area contributed by atoms with E-state index < -0.39 is 10.0 Å². The fourth-order valence-corrected chi connectivity index (χ4v) is 3.51. The topological polar surface area (TPSA) is 87.3 Å². The van der Waals surface area contributed by atoms with Crippen molar-refractivity contribution in [3.8, 4) is 0 Å². The lowest BCUT2D eigenvalue weighted by atomic mass is 10.0. The number of sulfonamides is 1. The van der Waals surface area contributed by atoms with Crippen LogP contribution in [0.25, 0.3) is 0 Å². The SMILES string of the molecule is Cc1ccc(NS(=O)(=O)c2ccc(C(=O)NCC3CNC3)cc2)cc1.Cl. The highest BCUT2D eigenvalue weighted by Gasteiger charge is 2.18. The summed E-state index contributed by atoms with van der Waals surface area (Å²) < 4.78 is 27.4. The van der Waals surface area contributed by atoms with E-state index in [9.17, 15) is 13.2 Å². The molecule has 3 rings (SSSR count). The van der Waals surface area contributed by atoms with Crippen LogP contribution in [-0.2, 0) is 10.0 Å². The van der Waals surface area contributed by atoms with Crippen LogP contribution in [0.15, 0.2) is 53.4 Å². The van der Waals surface area contributed by atoms with Crippen LogP contribution < -0.4 is 15.4 Å². The van der Waals surface area contributed by atoms with Crippen LogP contribution in [0.3, 0.4) is 0 Å². The Labute approximate surface area is 159 Å². The van der Waals surface area contributed by atoms with Gasteiger partial charge in [0.15, 0.2) is 0 Å². The molecular formula is C18H22ClN3O3S. The van der Waals surface area contributed by atoms with Crippen molar-refractivity contribution in [2.45, 2.75) is 11.8 Å². The zero-order chi connectivity index (χ0) is 17.9. The standard InChI is InChI=1S/C18H21N3O3S.ClH/c1-13-2-6-16(7-3-13)21-25(23,24)17-8-4-15(5-9-17)18(22)20-12-14-10-19-11-14;/h2-9,14,19,21H,10-12H2,1H3,(H,20,22);1H. The molecule has 8 heteroatoms. The van der Waals surface area contributed by atoms with Crippen molar-refractivity contribution in [2.24, 2.45) is 5.92 Å². The number of anilines is 1. The monoisotopic (exact) mass is 395 g/mol. The summed E-state index contributed by atoms with van der Waals surface area (Å²) in [5, 5.41) is 6.01. The molecule has 0 saturated carbocycles. The molecule has 1 heterocycles. The molecule has 2 aromatic carbocycles. The Morgan fingerprint density at radius 2 is 1.69 bits per heavy atom. The molecule has 0 aromatic heterocycles. The van der Waals surface area contributed by atoms with Gasteiger partial charge in [-0.2, -0.15) is 0 Å². The molecule has 0 radical (unpaired) electrons. The molecule has 0 bridgehead atoms. The van der Waals surface area contributed by atoms with Crippen molar-refractivity contribution in [1.29, 1.82) is 0 Å². The van der Waals surface area contributed by atoms with Gasteiger partial charge in [-0.1, -0.05) is 17.7 Å². The molecule has 0 unspecified atom stereocenters. The van der Waals surface area contributed by atoms with Gasteiger partial charge in [-0.05, 0) is 43.3 Å². The van der Waals surface area contributed by atoms with E-state index in [0.717, 1.165) is 18.7 Å². The number of hydrogen-bond acceptors (Lipinski definition) is 4. The molecule has 1 aliphatic heterocycles. The maximum atomic E-state index is 12.4. The molecule has 3 N–H and O–H groups in total. The van der Waals surface area contributed by atoms with Crippen LogP contribution in [-0.4, -0.2) is 34.0 Å². The number of carbonyl (C=O) groups excluding carboxylic acids is 1. The molecule has 26 heavy (non-hydrogen) atoms. The number of aryl methyl sites for hydroxylation is 1. The van der Waals surface area contributed by atoms with E-state index in [-0.39, 0.29) is 23.2 Å². The molecule has 0 atom stereocenters. The van der Waals surface area contributed by atoms with Crippen LogP contribution >= 0.6 is 12.4 Å². The fraction of sp³-hybridized carbons (Fsp3) is 0.278. The van der Waals surface area contributed by atoms with E-state index in [1.807, 2.05) is 19.1 Å². The molecule has 1 aliphatic rings. The third-order valence-electron chi connectivity index (χ3n) is 4.15. The minimum absolute atomic E-state index is 0. The minimum Gasteiger partial charge on any atom is -0.352 e. The number of amides is 1. The van der Waals surface area contributed by atoms with E-state index >= 15 is 0 Å². The Hall–Kier alpha value is -2.09. The van der Waals surface area contributed by atoms with Gasteiger partial charge in [0.05, 0.1) is 4.90 Å². The summed E-state index contributed by atoms with van der Waals surface area (Å²) in [7, 11) is -3.68. The Kier molecular flexibility index (Phi) is 6.63. The minimum atomic E-state index is -3.68. The molecular weight excluding hydrogens is 374 g/mol. The quantitative estimate of drug-likeness (QED) is 0.699. The summed E-state index contributed by atoms with van der Waals surface area (Å²) in [5.41, 5.74) is 2.00. The third-order valence-corrected chi connectivity index (χ3v) is 5.55. The summed E-state index contributed by atoms with van der Waals surface area (Å²) in [4.78, 5) is 12.2. The highest BCUT2D eigenvalue weighted by Crippen LogP contribution is 2.17. The maximum absolute atomic E-state index is 12.4. The maximum Gasteiger partial charge on any atom is 0.261 e. The van der Waals surface area contributed by atoms with Gasteiger partial charge in [0, 0.05) is 36.8 Å². The van der Waals surface area contributed by atoms with E-state index in [0.29, 0.717) is 23.7 Å². The highest BCUT2D eigenvalue weighted by molar-refractivity contribution is 7.92. The second-order valence-corrected chi connectivity index (χ2v) is 7.91. The third kappa shape index (κ3) is 4.97. The Morgan fingerprint density at radius 1 is 1.08 bits per heavy atom. The van der Waals surface area contributed by atoms with Gasteiger partial charge in [0.2, 0.25) is 0 Å². The summed E-state index contributed by atoms with van der Waals surface area (Å²) in [6.07, 6.45) is 0. The normalized spacial score (nSPS) is 14.0. The van der Waals surface area contributed by atoms with E-state index in [1.165, 1.54) is 24.3 Å². The summed E-state index contributed by atoms with van der Waals surface area (Å²) in [6.45, 7) is 4.40. The van der Waals surface area contributed by atoms with Gasteiger partial charge in [0.1, 0.15) is 0 Å². The van der Waals surface area contributed by atoms with Crippen molar-refractivity contribution < 1.29 is 13.2 Å². The Balaban J connectivity index is 0.00000243. The molecule has 1 saturated heterocycles. The van der Waals surface area contributed by atoms with E-state index in [2.05, 4.69) is 15.4 Å². The van der Waals surface area contributed by atoms with Crippen LogP contribution in [0.5, 0.6) is 0 Å². The first-order chi connectivity index (χ1) is 11.9. The van der Waals surface area contributed by atoms with Crippen molar-refractivity contribution in [1.82, 2.24) is 10.6 Å². The lowest BCUT2D eigenvalue weighted by Crippen LogP contribution is -2.48. The fourth-order valence-electron chi connectivity index (χ4n) is 2.45. The highest BCUT2D eigenvalue weighted by atomic mass is 35.5. The number of rotatable bonds is 6. The van der Waals surface area contributed by atoms with Crippen LogP contribution in [0.2, 0.25) is 0 Å². The van der Waals surface area contributed by atoms with E-state index in [1.54, 1.807) is 12.1 Å². The second kappa shape index (κ2) is 8.53. The van der Waals surface area contributed by atoms with Gasteiger partial charge in [0.25, 0.3) is 15.9 Å².